The predicted octanol–water partition coefficient (Wildman–Crippen LogP) is 0.613. The molecule has 0 saturated carbocycles. The molecule has 7 nitrogen and oxygen atoms in total. The van der Waals surface area contributed by atoms with Crippen LogP contribution in [0.5, 0.6) is 0 Å². The molecule has 0 aromatic heterocycles. The quantitative estimate of drug-likeness (QED) is 0.253. The van der Waals surface area contributed by atoms with Crippen molar-refractivity contribution in [3.05, 3.63) is 0 Å². The zero-order chi connectivity index (χ0) is 16.1. The second-order valence-corrected chi connectivity index (χ2v) is 6.82. The van der Waals surface area contributed by atoms with Gasteiger partial charge < -0.3 is 15.2 Å². The number of hydrazone groups is 1. The SMILES string of the molecule is C/C(=N/NC(N)=S)[C@@]1(C)C[C@]2(CC(C)(C)OC2=O)C(=O)O1. The standard InChI is InChI=1S/C13H19N3O4S/c1-7(15-16-10(14)21)12(4)6-13(9(18)20-12)5-11(2,3)19-8(13)17/h5-6H2,1-4H3,(H3,14,16,21)/b15-7-/t12-,13+/m1/s1. The van der Waals surface area contributed by atoms with Crippen LogP contribution in [0.15, 0.2) is 5.10 Å². The Morgan fingerprint density at radius 1 is 1.24 bits per heavy atom. The van der Waals surface area contributed by atoms with Gasteiger partial charge in [0.05, 0.1) is 5.71 Å². The Hall–Kier alpha value is -1.70. The number of nitrogens with two attached hydrogens (primary N) is 1. The number of cyclic esters (lactones) is 2. The molecule has 0 unspecified atom stereocenters. The van der Waals surface area contributed by atoms with Crippen molar-refractivity contribution in [2.75, 3.05) is 0 Å². The van der Waals surface area contributed by atoms with Gasteiger partial charge in [0.15, 0.2) is 16.1 Å². The van der Waals surface area contributed by atoms with Crippen molar-refractivity contribution in [1.29, 1.82) is 0 Å². The van der Waals surface area contributed by atoms with E-state index in [2.05, 4.69) is 22.7 Å². The van der Waals surface area contributed by atoms with Gasteiger partial charge in [0.1, 0.15) is 5.60 Å². The van der Waals surface area contributed by atoms with Crippen molar-refractivity contribution in [2.24, 2.45) is 16.3 Å². The first-order valence-corrected chi connectivity index (χ1v) is 6.99. The number of nitrogens with zero attached hydrogens (tertiary/aromatic N) is 1. The van der Waals surface area contributed by atoms with Gasteiger partial charge in [-0.2, -0.15) is 5.10 Å². The number of rotatable bonds is 2. The fraction of sp³-hybridized carbons (Fsp3) is 0.692. The highest BCUT2D eigenvalue weighted by molar-refractivity contribution is 7.80. The van der Waals surface area contributed by atoms with Gasteiger partial charge >= 0.3 is 11.9 Å². The van der Waals surface area contributed by atoms with Crippen molar-refractivity contribution < 1.29 is 19.1 Å². The third-order valence-electron chi connectivity index (χ3n) is 3.93. The molecular weight excluding hydrogens is 294 g/mol. The molecule has 8 heteroatoms. The number of ether oxygens (including phenoxy) is 2. The third kappa shape index (κ3) is 2.59. The lowest BCUT2D eigenvalue weighted by Crippen LogP contribution is -2.37. The summed E-state index contributed by atoms with van der Waals surface area (Å²) in [7, 11) is 0. The molecule has 0 amide bonds. The number of nitrogens with one attached hydrogen (secondary N) is 1. The highest BCUT2D eigenvalue weighted by Crippen LogP contribution is 2.51. The van der Waals surface area contributed by atoms with E-state index in [4.69, 9.17) is 15.2 Å². The Morgan fingerprint density at radius 3 is 2.29 bits per heavy atom. The van der Waals surface area contributed by atoms with Gasteiger partial charge in [0, 0.05) is 12.8 Å². The molecule has 2 aliphatic rings. The molecular formula is C13H19N3O4S. The lowest BCUT2D eigenvalue weighted by atomic mass is 9.75. The maximum atomic E-state index is 12.3. The van der Waals surface area contributed by atoms with Crippen LogP contribution in [0.3, 0.4) is 0 Å². The van der Waals surface area contributed by atoms with Crippen LogP contribution < -0.4 is 11.2 Å². The second-order valence-electron chi connectivity index (χ2n) is 6.38. The van der Waals surface area contributed by atoms with Crippen molar-refractivity contribution in [2.45, 2.75) is 51.7 Å². The Kier molecular flexibility index (Phi) is 3.48. The number of carbonyl (C=O) groups is 2. The molecule has 2 rings (SSSR count). The van der Waals surface area contributed by atoms with Gasteiger partial charge in [-0.05, 0) is 39.9 Å². The first-order valence-electron chi connectivity index (χ1n) is 6.58. The van der Waals surface area contributed by atoms with Crippen LogP contribution in [0.25, 0.3) is 0 Å². The second kappa shape index (κ2) is 4.66. The van der Waals surface area contributed by atoms with Crippen LogP contribution in [0.4, 0.5) is 0 Å². The summed E-state index contributed by atoms with van der Waals surface area (Å²) in [5, 5.41) is 4.01. The number of carbonyl (C=O) groups excluding carboxylic acids is 2. The summed E-state index contributed by atoms with van der Waals surface area (Å²) in [6.45, 7) is 6.94. The van der Waals surface area contributed by atoms with Crippen molar-refractivity contribution in [1.82, 2.24) is 5.43 Å². The van der Waals surface area contributed by atoms with Crippen molar-refractivity contribution >= 4 is 35.0 Å². The van der Waals surface area contributed by atoms with E-state index in [0.29, 0.717) is 12.1 Å². The Bertz CT molecular complexity index is 560. The molecule has 3 N–H and O–H groups in total. The summed E-state index contributed by atoms with van der Waals surface area (Å²) < 4.78 is 10.7. The lowest BCUT2D eigenvalue weighted by molar-refractivity contribution is -0.160. The van der Waals surface area contributed by atoms with E-state index in [1.54, 1.807) is 27.7 Å². The van der Waals surface area contributed by atoms with E-state index in [1.165, 1.54) is 0 Å². The number of hydrogen-bond acceptors (Lipinski definition) is 6. The average Bonchev–Trinajstić information content (AvgIpc) is 2.71. The Morgan fingerprint density at radius 2 is 1.81 bits per heavy atom. The fourth-order valence-corrected chi connectivity index (χ4v) is 2.96. The molecule has 0 radical (unpaired) electrons. The van der Waals surface area contributed by atoms with E-state index in [9.17, 15) is 9.59 Å². The van der Waals surface area contributed by atoms with Gasteiger partial charge in [-0.1, -0.05) is 0 Å². The van der Waals surface area contributed by atoms with Gasteiger partial charge in [0.2, 0.25) is 0 Å². The lowest BCUT2D eigenvalue weighted by Gasteiger charge is -2.22. The smallest absolute Gasteiger partial charge is 0.324 e. The monoisotopic (exact) mass is 313 g/mol. The molecule has 0 aromatic rings. The van der Waals surface area contributed by atoms with Gasteiger partial charge in [-0.15, -0.1) is 0 Å². The number of esters is 2. The first kappa shape index (κ1) is 15.7. The molecule has 21 heavy (non-hydrogen) atoms. The summed E-state index contributed by atoms with van der Waals surface area (Å²) >= 11 is 4.68. The average molecular weight is 313 g/mol. The fourth-order valence-electron chi connectivity index (χ4n) is 2.92. The minimum absolute atomic E-state index is 0.0124. The molecule has 2 fully saturated rings. The molecule has 2 aliphatic heterocycles. The molecule has 2 atom stereocenters. The van der Waals surface area contributed by atoms with E-state index in [-0.39, 0.29) is 11.5 Å². The highest BCUT2D eigenvalue weighted by Gasteiger charge is 2.67. The van der Waals surface area contributed by atoms with Crippen LogP contribution in [0.2, 0.25) is 0 Å². The minimum atomic E-state index is -1.25. The number of thiocarbonyl (C=S) groups is 1. The van der Waals surface area contributed by atoms with Crippen molar-refractivity contribution in [3.63, 3.8) is 0 Å². The zero-order valence-electron chi connectivity index (χ0n) is 12.5. The van der Waals surface area contributed by atoms with E-state index in [0.717, 1.165) is 0 Å². The molecule has 0 aliphatic carbocycles. The molecule has 2 heterocycles. The minimum Gasteiger partial charge on any atom is -0.459 e. The highest BCUT2D eigenvalue weighted by atomic mass is 32.1. The van der Waals surface area contributed by atoms with Crippen LogP contribution in [-0.2, 0) is 19.1 Å². The summed E-state index contributed by atoms with van der Waals surface area (Å²) in [5.74, 6) is -1.10. The summed E-state index contributed by atoms with van der Waals surface area (Å²) in [5.41, 5.74) is 5.34. The van der Waals surface area contributed by atoms with Gasteiger partial charge in [-0.25, -0.2) is 0 Å². The third-order valence-corrected chi connectivity index (χ3v) is 4.03. The van der Waals surface area contributed by atoms with Gasteiger partial charge in [-0.3, -0.25) is 15.0 Å². The Balaban J connectivity index is 2.29. The summed E-state index contributed by atoms with van der Waals surface area (Å²) in [4.78, 5) is 24.5. The van der Waals surface area contributed by atoms with Crippen LogP contribution in [0, 0.1) is 5.41 Å². The number of hydrogen-bond donors (Lipinski definition) is 2. The van der Waals surface area contributed by atoms with Crippen LogP contribution in [-0.4, -0.2) is 34.0 Å². The van der Waals surface area contributed by atoms with E-state index in [1.807, 2.05) is 0 Å². The largest absolute Gasteiger partial charge is 0.459 e. The van der Waals surface area contributed by atoms with E-state index >= 15 is 0 Å². The molecule has 2 saturated heterocycles. The van der Waals surface area contributed by atoms with Crippen LogP contribution >= 0.6 is 12.2 Å². The zero-order valence-corrected chi connectivity index (χ0v) is 13.3. The molecule has 1 spiro atoms. The first-order chi connectivity index (χ1) is 9.51. The Labute approximate surface area is 128 Å². The summed E-state index contributed by atoms with van der Waals surface area (Å²) in [6.07, 6.45) is 0.485. The predicted molar refractivity (Wildman–Crippen MR) is 79.4 cm³/mol. The van der Waals surface area contributed by atoms with Gasteiger partial charge in [0.25, 0.3) is 0 Å². The molecule has 116 valence electrons. The van der Waals surface area contributed by atoms with E-state index < -0.39 is 28.6 Å². The van der Waals surface area contributed by atoms with Crippen molar-refractivity contribution in [3.8, 4) is 0 Å². The maximum Gasteiger partial charge on any atom is 0.324 e. The normalized spacial score (nSPS) is 34.8. The van der Waals surface area contributed by atoms with Crippen LogP contribution in [0.1, 0.15) is 40.5 Å². The topological polar surface area (TPSA) is 103 Å². The summed E-state index contributed by atoms with van der Waals surface area (Å²) in [6, 6.07) is 0. The molecule has 0 aromatic carbocycles. The molecule has 0 bridgehead atoms. The maximum absolute atomic E-state index is 12.3.